The zero-order valence-corrected chi connectivity index (χ0v) is 6.78. The van der Waals surface area contributed by atoms with E-state index in [9.17, 15) is 22.0 Å². The number of nitrogens with two attached hydrogens (primary N) is 1. The Balaban J connectivity index is 3.30. The van der Waals surface area contributed by atoms with Crippen LogP contribution in [-0.2, 0) is 6.18 Å². The van der Waals surface area contributed by atoms with Gasteiger partial charge < -0.3 is 5.73 Å². The molecular formula is C8H6F5N. The summed E-state index contributed by atoms with van der Waals surface area (Å²) in [7, 11) is 0. The number of hydrogen-bond donors (Lipinski definition) is 1. The lowest BCUT2D eigenvalue weighted by atomic mass is 10.1. The average molecular weight is 211 g/mol. The number of benzene rings is 1. The maximum absolute atomic E-state index is 12.2. The number of rotatable bonds is 1. The van der Waals surface area contributed by atoms with Gasteiger partial charge in [0.25, 0.3) is 6.43 Å². The Kier molecular flexibility index (Phi) is 2.64. The Morgan fingerprint density at radius 1 is 1.14 bits per heavy atom. The van der Waals surface area contributed by atoms with Crippen molar-refractivity contribution in [3.05, 3.63) is 29.3 Å². The van der Waals surface area contributed by atoms with Gasteiger partial charge >= 0.3 is 6.18 Å². The third kappa shape index (κ3) is 2.12. The quantitative estimate of drug-likeness (QED) is 0.560. The number of anilines is 1. The van der Waals surface area contributed by atoms with E-state index in [1.165, 1.54) is 0 Å². The second-order valence-corrected chi connectivity index (χ2v) is 2.65. The molecule has 14 heavy (non-hydrogen) atoms. The van der Waals surface area contributed by atoms with Crippen molar-refractivity contribution in [2.45, 2.75) is 12.6 Å². The first kappa shape index (κ1) is 10.7. The molecule has 1 rings (SSSR count). The fourth-order valence-corrected chi connectivity index (χ4v) is 1.01. The van der Waals surface area contributed by atoms with Gasteiger partial charge in [-0.1, -0.05) is 6.07 Å². The van der Waals surface area contributed by atoms with Gasteiger partial charge in [0.15, 0.2) is 0 Å². The van der Waals surface area contributed by atoms with Gasteiger partial charge in [0, 0.05) is 11.3 Å². The molecule has 0 aromatic heterocycles. The van der Waals surface area contributed by atoms with Gasteiger partial charge in [0.05, 0.1) is 5.56 Å². The van der Waals surface area contributed by atoms with E-state index in [0.717, 1.165) is 6.07 Å². The maximum atomic E-state index is 12.2. The molecule has 6 heteroatoms. The van der Waals surface area contributed by atoms with Crippen LogP contribution in [0.2, 0.25) is 0 Å². The Labute approximate surface area is 76.3 Å². The molecule has 1 nitrogen and oxygen atoms in total. The number of alkyl halides is 5. The van der Waals surface area contributed by atoms with Crippen molar-refractivity contribution in [2.75, 3.05) is 5.73 Å². The lowest BCUT2D eigenvalue weighted by Crippen LogP contribution is -2.10. The smallest absolute Gasteiger partial charge is 0.399 e. The largest absolute Gasteiger partial charge is 0.416 e. The minimum absolute atomic E-state index is 0.193. The van der Waals surface area contributed by atoms with Crippen LogP contribution in [0.1, 0.15) is 17.6 Å². The van der Waals surface area contributed by atoms with E-state index >= 15 is 0 Å². The van der Waals surface area contributed by atoms with Crippen LogP contribution < -0.4 is 5.73 Å². The Bertz CT molecular complexity index is 331. The molecule has 0 spiro atoms. The topological polar surface area (TPSA) is 26.0 Å². The lowest BCUT2D eigenvalue weighted by Gasteiger charge is -2.12. The summed E-state index contributed by atoms with van der Waals surface area (Å²) in [5, 5.41) is 0. The highest BCUT2D eigenvalue weighted by atomic mass is 19.4. The molecule has 0 atom stereocenters. The van der Waals surface area contributed by atoms with E-state index < -0.39 is 23.7 Å². The first-order valence-corrected chi connectivity index (χ1v) is 3.57. The van der Waals surface area contributed by atoms with E-state index in [2.05, 4.69) is 0 Å². The third-order valence-corrected chi connectivity index (χ3v) is 1.62. The van der Waals surface area contributed by atoms with Crippen LogP contribution in [0, 0.1) is 0 Å². The minimum Gasteiger partial charge on any atom is -0.399 e. The second-order valence-electron chi connectivity index (χ2n) is 2.65. The highest BCUT2D eigenvalue weighted by Gasteiger charge is 2.35. The van der Waals surface area contributed by atoms with Crippen LogP contribution in [0.5, 0.6) is 0 Å². The van der Waals surface area contributed by atoms with Crippen molar-refractivity contribution < 1.29 is 22.0 Å². The third-order valence-electron chi connectivity index (χ3n) is 1.62. The summed E-state index contributed by atoms with van der Waals surface area (Å²) < 4.78 is 60.9. The Morgan fingerprint density at radius 2 is 1.71 bits per heavy atom. The SMILES string of the molecule is Nc1ccc(C(F)F)c(C(F)(F)F)c1. The summed E-state index contributed by atoms with van der Waals surface area (Å²) >= 11 is 0. The van der Waals surface area contributed by atoms with Crippen LogP contribution in [0.3, 0.4) is 0 Å². The fraction of sp³-hybridized carbons (Fsp3) is 0.250. The first-order valence-electron chi connectivity index (χ1n) is 3.57. The van der Waals surface area contributed by atoms with Gasteiger partial charge in [-0.05, 0) is 12.1 Å². The summed E-state index contributed by atoms with van der Waals surface area (Å²) in [5.74, 6) is 0. The predicted octanol–water partition coefficient (Wildman–Crippen LogP) is 3.23. The van der Waals surface area contributed by atoms with Crippen molar-refractivity contribution in [1.29, 1.82) is 0 Å². The van der Waals surface area contributed by atoms with Gasteiger partial charge in [-0.2, -0.15) is 13.2 Å². The summed E-state index contributed by atoms with van der Waals surface area (Å²) in [4.78, 5) is 0. The molecule has 1 aromatic carbocycles. The number of halogens is 5. The van der Waals surface area contributed by atoms with Crippen LogP contribution >= 0.6 is 0 Å². The van der Waals surface area contributed by atoms with Crippen LogP contribution in [0.4, 0.5) is 27.6 Å². The van der Waals surface area contributed by atoms with Crippen LogP contribution in [0.15, 0.2) is 18.2 Å². The number of nitrogen functional groups attached to an aromatic ring is 1. The van der Waals surface area contributed by atoms with Crippen molar-refractivity contribution in [1.82, 2.24) is 0 Å². The van der Waals surface area contributed by atoms with Gasteiger partial charge in [0.2, 0.25) is 0 Å². The van der Waals surface area contributed by atoms with Gasteiger partial charge in [-0.25, -0.2) is 8.78 Å². The molecule has 0 saturated carbocycles. The molecule has 0 heterocycles. The summed E-state index contributed by atoms with van der Waals surface area (Å²) in [5.41, 5.74) is 2.46. The normalized spacial score (nSPS) is 12.1. The molecule has 0 aliphatic carbocycles. The predicted molar refractivity (Wildman–Crippen MR) is 40.8 cm³/mol. The Hall–Kier alpha value is -1.33. The molecule has 0 amide bonds. The monoisotopic (exact) mass is 211 g/mol. The van der Waals surface area contributed by atoms with E-state index in [0.29, 0.717) is 12.1 Å². The molecule has 0 aliphatic rings. The summed E-state index contributed by atoms with van der Waals surface area (Å²) in [6, 6.07) is 2.20. The van der Waals surface area contributed by atoms with E-state index in [1.807, 2.05) is 0 Å². The molecule has 2 N–H and O–H groups in total. The molecule has 0 unspecified atom stereocenters. The molecule has 0 fully saturated rings. The molecular weight excluding hydrogens is 205 g/mol. The van der Waals surface area contributed by atoms with Crippen molar-refractivity contribution in [2.24, 2.45) is 0 Å². The van der Waals surface area contributed by atoms with E-state index in [-0.39, 0.29) is 5.69 Å². The molecule has 1 aromatic rings. The molecule has 0 radical (unpaired) electrons. The fourth-order valence-electron chi connectivity index (χ4n) is 1.01. The zero-order valence-electron chi connectivity index (χ0n) is 6.78. The van der Waals surface area contributed by atoms with Crippen LogP contribution in [0.25, 0.3) is 0 Å². The van der Waals surface area contributed by atoms with E-state index in [1.54, 1.807) is 0 Å². The van der Waals surface area contributed by atoms with E-state index in [4.69, 9.17) is 5.73 Å². The zero-order chi connectivity index (χ0) is 10.9. The Morgan fingerprint density at radius 3 is 2.14 bits per heavy atom. The minimum atomic E-state index is -4.80. The molecule has 0 saturated heterocycles. The van der Waals surface area contributed by atoms with Crippen molar-refractivity contribution >= 4 is 5.69 Å². The standard InChI is InChI=1S/C8H6F5N/c9-7(10)5-2-1-4(14)3-6(5)8(11,12)13/h1-3,7H,14H2. The van der Waals surface area contributed by atoms with Crippen molar-refractivity contribution in [3.8, 4) is 0 Å². The van der Waals surface area contributed by atoms with Gasteiger partial charge in [-0.15, -0.1) is 0 Å². The first-order chi connectivity index (χ1) is 6.32. The lowest BCUT2D eigenvalue weighted by molar-refractivity contribution is -0.139. The molecule has 0 bridgehead atoms. The summed E-state index contributed by atoms with van der Waals surface area (Å²) in [6.45, 7) is 0. The molecule has 78 valence electrons. The maximum Gasteiger partial charge on any atom is 0.416 e. The molecule has 0 aliphatic heterocycles. The summed E-state index contributed by atoms with van der Waals surface area (Å²) in [6.07, 6.45) is -7.96. The average Bonchev–Trinajstić information content (AvgIpc) is 2.01. The second kappa shape index (κ2) is 3.43. The highest BCUT2D eigenvalue weighted by Crippen LogP contribution is 2.37. The number of hydrogen-bond acceptors (Lipinski definition) is 1. The van der Waals surface area contributed by atoms with Crippen molar-refractivity contribution in [3.63, 3.8) is 0 Å². The van der Waals surface area contributed by atoms with Gasteiger partial charge in [-0.3, -0.25) is 0 Å². The highest BCUT2D eigenvalue weighted by molar-refractivity contribution is 5.46. The van der Waals surface area contributed by atoms with Crippen LogP contribution in [-0.4, -0.2) is 0 Å². The van der Waals surface area contributed by atoms with Gasteiger partial charge in [0.1, 0.15) is 0 Å².